The number of aliphatic hydroxyl groups is 1. The van der Waals surface area contributed by atoms with Gasteiger partial charge in [0, 0.05) is 18.7 Å². The lowest BCUT2D eigenvalue weighted by atomic mass is 9.96. The molecule has 1 aliphatic heterocycles. The number of piperidine rings is 1. The molecule has 1 N–H and O–H groups in total. The molecule has 2 unspecified atom stereocenters. The van der Waals surface area contributed by atoms with E-state index in [1.165, 1.54) is 6.07 Å². The van der Waals surface area contributed by atoms with Gasteiger partial charge in [0.1, 0.15) is 11.6 Å². The van der Waals surface area contributed by atoms with Crippen molar-refractivity contribution < 1.29 is 18.7 Å². The minimum atomic E-state index is -0.688. The van der Waals surface area contributed by atoms with Gasteiger partial charge in [-0.3, -0.25) is 4.79 Å². The second kappa shape index (κ2) is 6.98. The van der Waals surface area contributed by atoms with Crippen molar-refractivity contribution in [2.45, 2.75) is 51.2 Å². The monoisotopic (exact) mass is 297 g/mol. The summed E-state index contributed by atoms with van der Waals surface area (Å²) in [6.45, 7) is 2.34. The van der Waals surface area contributed by atoms with Gasteiger partial charge in [-0.15, -0.1) is 0 Å². The second-order valence-electron chi connectivity index (χ2n) is 5.73. The van der Waals surface area contributed by atoms with Gasteiger partial charge >= 0.3 is 0 Å². The number of carbonyl (C=O) groups is 1. The summed E-state index contributed by atoms with van der Waals surface area (Å²) in [6.07, 6.45) is 2.83. The normalized spacial score (nSPS) is 20.4. The smallest absolute Gasteiger partial charge is 0.227 e. The van der Waals surface area contributed by atoms with Gasteiger partial charge in [-0.05, 0) is 44.2 Å². The van der Waals surface area contributed by atoms with E-state index in [0.717, 1.165) is 31.4 Å². The van der Waals surface area contributed by atoms with Crippen LogP contribution in [0.1, 0.15) is 38.2 Å². The molecule has 1 aliphatic rings. The summed E-state index contributed by atoms with van der Waals surface area (Å²) in [5, 5.41) is 9.53. The summed E-state index contributed by atoms with van der Waals surface area (Å²) < 4.78 is 26.5. The molecule has 2 rings (SSSR count). The zero-order valence-corrected chi connectivity index (χ0v) is 12.2. The van der Waals surface area contributed by atoms with E-state index in [2.05, 4.69) is 0 Å². The highest BCUT2D eigenvalue weighted by Crippen LogP contribution is 2.22. The van der Waals surface area contributed by atoms with Crippen LogP contribution in [0.2, 0.25) is 0 Å². The zero-order valence-electron chi connectivity index (χ0n) is 12.2. The maximum absolute atomic E-state index is 13.6. The molecule has 116 valence electrons. The van der Waals surface area contributed by atoms with Crippen molar-refractivity contribution in [3.05, 3.63) is 35.4 Å². The topological polar surface area (TPSA) is 40.5 Å². The Balaban J connectivity index is 2.06. The van der Waals surface area contributed by atoms with Gasteiger partial charge in [0.25, 0.3) is 0 Å². The molecule has 1 amide bonds. The van der Waals surface area contributed by atoms with Crippen molar-refractivity contribution in [2.24, 2.45) is 0 Å². The SMILES string of the molecule is CC(O)CC1CCCCN1C(=O)Cc1ccc(F)cc1F. The molecule has 0 spiro atoms. The lowest BCUT2D eigenvalue weighted by Crippen LogP contribution is -2.45. The summed E-state index contributed by atoms with van der Waals surface area (Å²) in [4.78, 5) is 14.1. The molecule has 2 atom stereocenters. The fraction of sp³-hybridized carbons (Fsp3) is 0.562. The average Bonchev–Trinajstić information content (AvgIpc) is 2.42. The van der Waals surface area contributed by atoms with E-state index in [1.54, 1.807) is 11.8 Å². The largest absolute Gasteiger partial charge is 0.393 e. The number of halogens is 2. The Morgan fingerprint density at radius 2 is 2.19 bits per heavy atom. The predicted molar refractivity (Wildman–Crippen MR) is 75.7 cm³/mol. The molecular formula is C16H21F2NO2. The average molecular weight is 297 g/mol. The van der Waals surface area contributed by atoms with Crippen LogP contribution in [0, 0.1) is 11.6 Å². The molecule has 1 aromatic carbocycles. The molecule has 0 aromatic heterocycles. The van der Waals surface area contributed by atoms with Gasteiger partial charge < -0.3 is 10.0 Å². The first-order valence-corrected chi connectivity index (χ1v) is 7.39. The van der Waals surface area contributed by atoms with Crippen LogP contribution in [0.25, 0.3) is 0 Å². The summed E-state index contributed by atoms with van der Waals surface area (Å²) >= 11 is 0. The molecule has 3 nitrogen and oxygen atoms in total. The van der Waals surface area contributed by atoms with Gasteiger partial charge in [0.05, 0.1) is 12.5 Å². The highest BCUT2D eigenvalue weighted by Gasteiger charge is 2.27. The Bertz CT molecular complexity index is 505. The maximum Gasteiger partial charge on any atom is 0.227 e. The predicted octanol–water partition coefficient (Wildman–Crippen LogP) is 2.66. The number of hydrogen-bond acceptors (Lipinski definition) is 2. The maximum atomic E-state index is 13.6. The van der Waals surface area contributed by atoms with E-state index in [-0.39, 0.29) is 23.9 Å². The van der Waals surface area contributed by atoms with Crippen LogP contribution in [-0.4, -0.2) is 34.6 Å². The van der Waals surface area contributed by atoms with Gasteiger partial charge in [0.15, 0.2) is 0 Å². The van der Waals surface area contributed by atoms with Crippen molar-refractivity contribution in [1.82, 2.24) is 4.90 Å². The second-order valence-corrected chi connectivity index (χ2v) is 5.73. The Hall–Kier alpha value is -1.49. The standard InChI is InChI=1S/C16H21F2NO2/c1-11(20)8-14-4-2-3-7-19(14)16(21)9-12-5-6-13(17)10-15(12)18/h5-6,10-11,14,20H,2-4,7-9H2,1H3. The highest BCUT2D eigenvalue weighted by atomic mass is 19.1. The molecule has 1 heterocycles. The number of aliphatic hydroxyl groups excluding tert-OH is 1. The van der Waals surface area contributed by atoms with E-state index in [9.17, 15) is 18.7 Å². The van der Waals surface area contributed by atoms with E-state index in [0.29, 0.717) is 13.0 Å². The number of benzene rings is 1. The van der Waals surface area contributed by atoms with Gasteiger partial charge in [0.2, 0.25) is 5.91 Å². The van der Waals surface area contributed by atoms with E-state index < -0.39 is 17.7 Å². The summed E-state index contributed by atoms with van der Waals surface area (Å²) in [5.41, 5.74) is 0.211. The first-order valence-electron chi connectivity index (χ1n) is 7.39. The van der Waals surface area contributed by atoms with Gasteiger partial charge in [-0.2, -0.15) is 0 Å². The molecule has 5 heteroatoms. The van der Waals surface area contributed by atoms with Gasteiger partial charge in [-0.25, -0.2) is 8.78 Å². The van der Waals surface area contributed by atoms with Crippen LogP contribution >= 0.6 is 0 Å². The number of nitrogens with zero attached hydrogens (tertiary/aromatic N) is 1. The first kappa shape index (κ1) is 15.9. The number of likely N-dealkylation sites (tertiary alicyclic amines) is 1. The van der Waals surface area contributed by atoms with Crippen LogP contribution in [0.3, 0.4) is 0 Å². The van der Waals surface area contributed by atoms with Gasteiger partial charge in [-0.1, -0.05) is 6.07 Å². The van der Waals surface area contributed by atoms with Crippen LogP contribution in [0.4, 0.5) is 8.78 Å². The molecule has 0 aliphatic carbocycles. The number of rotatable bonds is 4. The van der Waals surface area contributed by atoms with Crippen molar-refractivity contribution in [3.8, 4) is 0 Å². The van der Waals surface area contributed by atoms with Crippen molar-refractivity contribution in [1.29, 1.82) is 0 Å². The summed E-state index contributed by atoms with van der Waals surface area (Å²) in [7, 11) is 0. The zero-order chi connectivity index (χ0) is 15.4. The number of carbonyl (C=O) groups excluding carboxylic acids is 1. The molecule has 0 saturated carbocycles. The Morgan fingerprint density at radius 1 is 1.43 bits per heavy atom. The van der Waals surface area contributed by atoms with Crippen molar-refractivity contribution >= 4 is 5.91 Å². The van der Waals surface area contributed by atoms with E-state index in [1.807, 2.05) is 0 Å². The molecule has 0 radical (unpaired) electrons. The number of hydrogen-bond donors (Lipinski definition) is 1. The fourth-order valence-corrected chi connectivity index (χ4v) is 2.90. The molecular weight excluding hydrogens is 276 g/mol. The first-order chi connectivity index (χ1) is 9.97. The number of amides is 1. The third kappa shape index (κ3) is 4.24. The fourth-order valence-electron chi connectivity index (χ4n) is 2.90. The summed E-state index contributed by atoms with van der Waals surface area (Å²) in [6, 6.07) is 3.28. The minimum Gasteiger partial charge on any atom is -0.393 e. The lowest BCUT2D eigenvalue weighted by Gasteiger charge is -2.36. The quantitative estimate of drug-likeness (QED) is 0.928. The molecule has 1 saturated heterocycles. The third-order valence-corrected chi connectivity index (χ3v) is 3.92. The molecule has 1 aromatic rings. The van der Waals surface area contributed by atoms with Crippen LogP contribution in [-0.2, 0) is 11.2 Å². The highest BCUT2D eigenvalue weighted by molar-refractivity contribution is 5.79. The van der Waals surface area contributed by atoms with Crippen LogP contribution in [0.5, 0.6) is 0 Å². The van der Waals surface area contributed by atoms with Crippen LogP contribution < -0.4 is 0 Å². The molecule has 0 bridgehead atoms. The molecule has 1 fully saturated rings. The van der Waals surface area contributed by atoms with Crippen LogP contribution in [0.15, 0.2) is 18.2 Å². The van der Waals surface area contributed by atoms with E-state index >= 15 is 0 Å². The lowest BCUT2D eigenvalue weighted by molar-refractivity contribution is -0.134. The third-order valence-electron chi connectivity index (χ3n) is 3.92. The summed E-state index contributed by atoms with van der Waals surface area (Å²) in [5.74, 6) is -1.49. The Labute approximate surface area is 123 Å². The Kier molecular flexibility index (Phi) is 5.28. The van der Waals surface area contributed by atoms with E-state index in [4.69, 9.17) is 0 Å². The molecule has 21 heavy (non-hydrogen) atoms. The van der Waals surface area contributed by atoms with Crippen molar-refractivity contribution in [2.75, 3.05) is 6.54 Å². The Morgan fingerprint density at radius 3 is 2.86 bits per heavy atom. The minimum absolute atomic E-state index is 0.00904. The van der Waals surface area contributed by atoms with Crippen molar-refractivity contribution in [3.63, 3.8) is 0 Å².